The maximum Gasteiger partial charge on any atom is 0.0442 e. The molecule has 0 amide bonds. The fourth-order valence-corrected chi connectivity index (χ4v) is 0.419. The Morgan fingerprint density at radius 1 is 1.33 bits per heavy atom. The Balaban J connectivity index is 0.000000640. The molecule has 0 aliphatic heterocycles. The third kappa shape index (κ3) is 2.18. The molecule has 9 heavy (non-hydrogen) atoms. The molecule has 2 nitrogen and oxygen atoms in total. The molecule has 0 saturated heterocycles. The Morgan fingerprint density at radius 3 is 2.33 bits per heavy atom. The van der Waals surface area contributed by atoms with E-state index in [1.807, 2.05) is 0 Å². The predicted octanol–water partition coefficient (Wildman–Crippen LogP) is 0.895. The first kappa shape index (κ1) is 8.69. The van der Waals surface area contributed by atoms with Crippen molar-refractivity contribution < 1.29 is 36.1 Å². The summed E-state index contributed by atoms with van der Waals surface area (Å²) in [6.07, 6.45) is 0. The summed E-state index contributed by atoms with van der Waals surface area (Å²) in [4.78, 5) is 0. The molecule has 0 saturated carbocycles. The number of hydrogen-bond acceptors (Lipinski definition) is 2. The van der Waals surface area contributed by atoms with E-state index in [4.69, 9.17) is 10.2 Å². The van der Waals surface area contributed by atoms with Crippen LogP contribution in [-0.4, -0.2) is 10.2 Å². The second-order valence-corrected chi connectivity index (χ2v) is 1.40. The molecule has 1 aromatic carbocycles. The molecule has 0 aliphatic rings. The van der Waals surface area contributed by atoms with Gasteiger partial charge >= 0.3 is 0 Å². The first-order valence-corrected chi connectivity index (χ1v) is 2.19. The summed E-state index contributed by atoms with van der Waals surface area (Å²) in [6.45, 7) is 0. The summed E-state index contributed by atoms with van der Waals surface area (Å²) >= 11 is 0. The van der Waals surface area contributed by atoms with Crippen LogP contribution < -0.4 is 0 Å². The van der Waals surface area contributed by atoms with Gasteiger partial charge in [-0.1, -0.05) is 0 Å². The van der Waals surface area contributed by atoms with Crippen LogP contribution in [0.25, 0.3) is 0 Å². The van der Waals surface area contributed by atoms with Crippen molar-refractivity contribution in [2.75, 3.05) is 0 Å². The minimum atomic E-state index is -0.201. The van der Waals surface area contributed by atoms with E-state index in [1.165, 1.54) is 12.1 Å². The number of phenols is 2. The third-order valence-corrected chi connectivity index (χ3v) is 0.813. The van der Waals surface area contributed by atoms with Crippen LogP contribution in [0, 0.1) is 6.07 Å². The minimum Gasteiger partial charge on any atom is -0.562 e. The van der Waals surface area contributed by atoms with Gasteiger partial charge in [0.05, 0.1) is 0 Å². The van der Waals surface area contributed by atoms with E-state index in [1.54, 1.807) is 6.07 Å². The molecule has 45 valence electrons. The molecule has 3 heteroatoms. The van der Waals surface area contributed by atoms with E-state index in [2.05, 4.69) is 6.07 Å². The molecule has 0 aromatic heterocycles. The van der Waals surface area contributed by atoms with Gasteiger partial charge in [0.25, 0.3) is 0 Å². The summed E-state index contributed by atoms with van der Waals surface area (Å²) < 4.78 is 0. The smallest absolute Gasteiger partial charge is 0.0442 e. The zero-order valence-corrected chi connectivity index (χ0v) is 6.51. The van der Waals surface area contributed by atoms with Crippen molar-refractivity contribution in [1.82, 2.24) is 0 Å². The quantitative estimate of drug-likeness (QED) is 0.430. The predicted molar refractivity (Wildman–Crippen MR) is 28.6 cm³/mol. The SMILES string of the molecule is Oc1[c-]cccc1O.[Sc]. The van der Waals surface area contributed by atoms with E-state index in [0.717, 1.165) is 0 Å². The van der Waals surface area contributed by atoms with Gasteiger partial charge in [0, 0.05) is 37.3 Å². The Hall–Kier alpha value is -0.310. The van der Waals surface area contributed by atoms with Crippen molar-refractivity contribution in [3.63, 3.8) is 0 Å². The summed E-state index contributed by atoms with van der Waals surface area (Å²) in [5, 5.41) is 17.3. The Bertz CT molecular complexity index is 167. The van der Waals surface area contributed by atoms with Gasteiger partial charge in [0.15, 0.2) is 0 Å². The van der Waals surface area contributed by atoms with Crippen molar-refractivity contribution in [3.8, 4) is 11.5 Å². The molecule has 0 unspecified atom stereocenters. The van der Waals surface area contributed by atoms with Gasteiger partial charge in [-0.05, 0) is 0 Å². The van der Waals surface area contributed by atoms with Gasteiger partial charge < -0.3 is 10.2 Å². The minimum absolute atomic E-state index is 0. The molecule has 0 fully saturated rings. The number of aromatic hydroxyl groups is 2. The molecule has 1 radical (unpaired) electrons. The van der Waals surface area contributed by atoms with Crippen LogP contribution in [0.3, 0.4) is 0 Å². The maximum atomic E-state index is 8.64. The Labute approximate surface area is 71.9 Å². The number of benzene rings is 1. The van der Waals surface area contributed by atoms with Crippen LogP contribution in [0.1, 0.15) is 0 Å². The topological polar surface area (TPSA) is 40.5 Å². The summed E-state index contributed by atoms with van der Waals surface area (Å²) in [5.41, 5.74) is 0. The van der Waals surface area contributed by atoms with E-state index in [0.29, 0.717) is 0 Å². The van der Waals surface area contributed by atoms with Crippen molar-refractivity contribution in [3.05, 3.63) is 24.3 Å². The molecule has 0 atom stereocenters. The van der Waals surface area contributed by atoms with Gasteiger partial charge in [-0.3, -0.25) is 0 Å². The first-order chi connectivity index (χ1) is 3.80. The molecule has 0 aliphatic carbocycles. The average molecular weight is 154 g/mol. The van der Waals surface area contributed by atoms with E-state index in [9.17, 15) is 0 Å². The normalized spacial score (nSPS) is 8.00. The molecular weight excluding hydrogens is 149 g/mol. The molecule has 0 spiro atoms. The van der Waals surface area contributed by atoms with Crippen LogP contribution in [0.15, 0.2) is 18.2 Å². The third-order valence-electron chi connectivity index (χ3n) is 0.813. The van der Waals surface area contributed by atoms with Crippen molar-refractivity contribution in [2.45, 2.75) is 0 Å². The fraction of sp³-hybridized carbons (Fsp3) is 0. The largest absolute Gasteiger partial charge is 0.562 e. The molecule has 0 heterocycles. The number of para-hydroxylation sites is 1. The summed E-state index contributed by atoms with van der Waals surface area (Å²) in [6, 6.07) is 6.91. The van der Waals surface area contributed by atoms with Crippen molar-refractivity contribution in [2.24, 2.45) is 0 Å². The van der Waals surface area contributed by atoms with Crippen LogP contribution in [0.5, 0.6) is 11.5 Å². The fourth-order valence-electron chi connectivity index (χ4n) is 0.419. The average Bonchev–Trinajstić information content (AvgIpc) is 1.77. The molecular formula is C6H5O2Sc-. The molecule has 2 N–H and O–H groups in total. The van der Waals surface area contributed by atoms with Crippen LogP contribution in [0.2, 0.25) is 0 Å². The Morgan fingerprint density at radius 2 is 2.00 bits per heavy atom. The standard InChI is InChI=1S/C6H5O2.Sc/c7-5-3-1-2-4-6(5)8;/h1-3,7-8H;/q-1;. The number of phenolic OH excluding ortho intramolecular Hbond substituents is 2. The van der Waals surface area contributed by atoms with Gasteiger partial charge in [-0.25, -0.2) is 0 Å². The molecule has 1 aromatic rings. The zero-order chi connectivity index (χ0) is 5.98. The Kier molecular flexibility index (Phi) is 3.54. The monoisotopic (exact) mass is 154 g/mol. The van der Waals surface area contributed by atoms with Gasteiger partial charge in [-0.2, -0.15) is 12.1 Å². The maximum absolute atomic E-state index is 8.64. The molecule has 1 rings (SSSR count). The van der Waals surface area contributed by atoms with E-state index < -0.39 is 0 Å². The van der Waals surface area contributed by atoms with Gasteiger partial charge in [0.2, 0.25) is 0 Å². The second-order valence-electron chi connectivity index (χ2n) is 1.40. The second kappa shape index (κ2) is 3.67. The number of hydrogen-bond donors (Lipinski definition) is 2. The van der Waals surface area contributed by atoms with E-state index >= 15 is 0 Å². The van der Waals surface area contributed by atoms with Gasteiger partial charge in [0.1, 0.15) is 0 Å². The summed E-state index contributed by atoms with van der Waals surface area (Å²) in [7, 11) is 0. The van der Waals surface area contributed by atoms with Crippen molar-refractivity contribution in [1.29, 1.82) is 0 Å². The first-order valence-electron chi connectivity index (χ1n) is 2.19. The zero-order valence-electron chi connectivity index (χ0n) is 4.70. The van der Waals surface area contributed by atoms with Crippen LogP contribution >= 0.6 is 0 Å². The molecule has 0 bridgehead atoms. The van der Waals surface area contributed by atoms with E-state index in [-0.39, 0.29) is 37.3 Å². The number of rotatable bonds is 0. The van der Waals surface area contributed by atoms with Crippen LogP contribution in [-0.2, 0) is 25.8 Å². The van der Waals surface area contributed by atoms with Crippen LogP contribution in [0.4, 0.5) is 0 Å². The summed E-state index contributed by atoms with van der Waals surface area (Å²) in [5.74, 6) is -0.333. The van der Waals surface area contributed by atoms with Gasteiger partial charge in [-0.15, -0.1) is 12.1 Å². The van der Waals surface area contributed by atoms with Crippen molar-refractivity contribution >= 4 is 0 Å².